The minimum atomic E-state index is 0.183. The van der Waals surface area contributed by atoms with Crippen LogP contribution in [-0.4, -0.2) is 5.11 Å². The minimum absolute atomic E-state index is 0.183. The molecule has 0 saturated carbocycles. The predicted molar refractivity (Wildman–Crippen MR) is 69.8 cm³/mol. The van der Waals surface area contributed by atoms with Crippen LogP contribution in [0, 0.1) is 5.92 Å². The van der Waals surface area contributed by atoms with Gasteiger partial charge in [0, 0.05) is 0 Å². The molecule has 0 aliphatic rings. The van der Waals surface area contributed by atoms with Crippen molar-refractivity contribution in [1.82, 2.24) is 0 Å². The van der Waals surface area contributed by atoms with Crippen molar-refractivity contribution in [3.8, 4) is 5.75 Å². The molecule has 1 aromatic carbocycles. The van der Waals surface area contributed by atoms with E-state index in [-0.39, 0.29) is 5.41 Å². The summed E-state index contributed by atoms with van der Waals surface area (Å²) in [6.45, 7) is 9.14. The lowest BCUT2D eigenvalue weighted by Crippen LogP contribution is -2.26. The van der Waals surface area contributed by atoms with Gasteiger partial charge in [0.05, 0.1) is 0 Å². The number of hydrogen-bond donors (Lipinski definition) is 1. The lowest BCUT2D eigenvalue weighted by molar-refractivity contribution is 0.316. The van der Waals surface area contributed by atoms with E-state index in [1.807, 2.05) is 12.1 Å². The van der Waals surface area contributed by atoms with Gasteiger partial charge in [-0.25, -0.2) is 0 Å². The highest BCUT2D eigenvalue weighted by molar-refractivity contribution is 5.31. The van der Waals surface area contributed by atoms with Gasteiger partial charge >= 0.3 is 0 Å². The molecule has 1 N–H and O–H groups in total. The number of hydrogen-bond acceptors (Lipinski definition) is 1. The quantitative estimate of drug-likeness (QED) is 0.774. The molecule has 0 aliphatic heterocycles. The Labute approximate surface area is 99.5 Å². The molecule has 0 amide bonds. The van der Waals surface area contributed by atoms with Gasteiger partial charge < -0.3 is 5.11 Å². The molecule has 1 nitrogen and oxygen atoms in total. The van der Waals surface area contributed by atoms with Gasteiger partial charge in [-0.15, -0.1) is 0 Å². The highest BCUT2D eigenvalue weighted by Crippen LogP contribution is 2.35. The van der Waals surface area contributed by atoms with Crippen molar-refractivity contribution in [2.75, 3.05) is 0 Å². The first-order valence-electron chi connectivity index (χ1n) is 6.28. The zero-order chi connectivity index (χ0) is 12.2. The van der Waals surface area contributed by atoms with E-state index in [2.05, 4.69) is 27.7 Å². The molecule has 0 heterocycles. The summed E-state index contributed by atoms with van der Waals surface area (Å²) in [5, 5.41) is 9.30. The maximum Gasteiger partial charge on any atom is 0.115 e. The first-order chi connectivity index (χ1) is 7.48. The predicted octanol–water partition coefficient (Wildman–Crippen LogP) is 4.50. The molecule has 0 saturated heterocycles. The summed E-state index contributed by atoms with van der Waals surface area (Å²) >= 11 is 0. The van der Waals surface area contributed by atoms with Crippen LogP contribution in [0.4, 0.5) is 0 Å². The molecule has 1 heteroatoms. The average Bonchev–Trinajstić information content (AvgIpc) is 2.26. The van der Waals surface area contributed by atoms with Gasteiger partial charge in [0.2, 0.25) is 0 Å². The van der Waals surface area contributed by atoms with E-state index in [1.165, 1.54) is 24.8 Å². The highest BCUT2D eigenvalue weighted by atomic mass is 16.3. The molecule has 90 valence electrons. The van der Waals surface area contributed by atoms with E-state index >= 15 is 0 Å². The molecule has 1 unspecified atom stereocenters. The molecule has 0 aliphatic carbocycles. The molecule has 0 spiro atoms. The van der Waals surface area contributed by atoms with Crippen molar-refractivity contribution in [3.63, 3.8) is 0 Å². The smallest absolute Gasteiger partial charge is 0.115 e. The molecule has 16 heavy (non-hydrogen) atoms. The standard InChI is InChI=1S/C15H24O/c1-5-6-7-12(2)15(3,4)13-8-10-14(16)11-9-13/h8-12,16H,5-7H2,1-4H3. The van der Waals surface area contributed by atoms with Gasteiger partial charge in [-0.05, 0) is 35.4 Å². The summed E-state index contributed by atoms with van der Waals surface area (Å²) in [5.74, 6) is 1.01. The van der Waals surface area contributed by atoms with Crippen LogP contribution in [0.25, 0.3) is 0 Å². The summed E-state index contributed by atoms with van der Waals surface area (Å²) in [6, 6.07) is 7.64. The van der Waals surface area contributed by atoms with E-state index in [1.54, 1.807) is 12.1 Å². The van der Waals surface area contributed by atoms with Gasteiger partial charge in [0.25, 0.3) is 0 Å². The van der Waals surface area contributed by atoms with Crippen LogP contribution in [0.5, 0.6) is 5.75 Å². The van der Waals surface area contributed by atoms with Crippen LogP contribution >= 0.6 is 0 Å². The Balaban J connectivity index is 2.79. The van der Waals surface area contributed by atoms with E-state index in [4.69, 9.17) is 0 Å². The van der Waals surface area contributed by atoms with Crippen molar-refractivity contribution < 1.29 is 5.11 Å². The lowest BCUT2D eigenvalue weighted by atomic mass is 9.72. The lowest BCUT2D eigenvalue weighted by Gasteiger charge is -2.32. The third-order valence-corrected chi connectivity index (χ3v) is 3.83. The fourth-order valence-electron chi connectivity index (χ4n) is 2.05. The van der Waals surface area contributed by atoms with Gasteiger partial charge in [-0.1, -0.05) is 52.7 Å². The first kappa shape index (κ1) is 13.1. The number of phenolic OH excluding ortho intramolecular Hbond substituents is 1. The second-order valence-corrected chi connectivity index (χ2v) is 5.31. The van der Waals surface area contributed by atoms with Crippen molar-refractivity contribution in [3.05, 3.63) is 29.8 Å². The fourth-order valence-corrected chi connectivity index (χ4v) is 2.05. The van der Waals surface area contributed by atoms with Crippen LogP contribution in [0.2, 0.25) is 0 Å². The van der Waals surface area contributed by atoms with Crippen LogP contribution in [0.1, 0.15) is 52.5 Å². The van der Waals surface area contributed by atoms with Crippen molar-refractivity contribution in [1.29, 1.82) is 0 Å². The zero-order valence-electron chi connectivity index (χ0n) is 11.0. The monoisotopic (exact) mass is 220 g/mol. The van der Waals surface area contributed by atoms with Crippen molar-refractivity contribution in [2.45, 2.75) is 52.4 Å². The maximum atomic E-state index is 9.30. The second-order valence-electron chi connectivity index (χ2n) is 5.31. The van der Waals surface area contributed by atoms with Crippen LogP contribution in [-0.2, 0) is 5.41 Å². The Morgan fingerprint density at radius 1 is 1.19 bits per heavy atom. The number of unbranched alkanes of at least 4 members (excludes halogenated alkanes) is 1. The van der Waals surface area contributed by atoms with E-state index in [0.29, 0.717) is 11.7 Å². The molecule has 0 fully saturated rings. The summed E-state index contributed by atoms with van der Waals surface area (Å²) in [7, 11) is 0. The number of phenols is 1. The third-order valence-electron chi connectivity index (χ3n) is 3.83. The number of aromatic hydroxyl groups is 1. The Hall–Kier alpha value is -0.980. The SMILES string of the molecule is CCCCC(C)C(C)(C)c1ccc(O)cc1. The minimum Gasteiger partial charge on any atom is -0.508 e. The molecule has 1 aromatic rings. The zero-order valence-corrected chi connectivity index (χ0v) is 11.0. The largest absolute Gasteiger partial charge is 0.508 e. The third kappa shape index (κ3) is 3.01. The van der Waals surface area contributed by atoms with Crippen molar-refractivity contribution >= 4 is 0 Å². The van der Waals surface area contributed by atoms with Gasteiger partial charge in [-0.2, -0.15) is 0 Å². The van der Waals surface area contributed by atoms with Gasteiger partial charge in [0.15, 0.2) is 0 Å². The molecule has 0 bridgehead atoms. The normalized spacial score (nSPS) is 13.8. The van der Waals surface area contributed by atoms with E-state index in [9.17, 15) is 5.11 Å². The molecular formula is C15H24O. The summed E-state index contributed by atoms with van der Waals surface area (Å²) in [4.78, 5) is 0. The maximum absolute atomic E-state index is 9.30. The summed E-state index contributed by atoms with van der Waals surface area (Å²) < 4.78 is 0. The Morgan fingerprint density at radius 2 is 1.75 bits per heavy atom. The number of benzene rings is 1. The van der Waals surface area contributed by atoms with Crippen LogP contribution < -0.4 is 0 Å². The first-order valence-corrected chi connectivity index (χ1v) is 6.28. The van der Waals surface area contributed by atoms with E-state index in [0.717, 1.165) is 0 Å². The van der Waals surface area contributed by atoms with E-state index < -0.39 is 0 Å². The van der Waals surface area contributed by atoms with Crippen LogP contribution in [0.3, 0.4) is 0 Å². The van der Waals surface area contributed by atoms with Crippen molar-refractivity contribution in [2.24, 2.45) is 5.92 Å². The molecule has 1 atom stereocenters. The molecule has 1 rings (SSSR count). The van der Waals surface area contributed by atoms with Crippen LogP contribution in [0.15, 0.2) is 24.3 Å². The molecular weight excluding hydrogens is 196 g/mol. The second kappa shape index (κ2) is 5.38. The number of rotatable bonds is 5. The summed E-state index contributed by atoms with van der Waals surface area (Å²) in [6.07, 6.45) is 3.82. The summed E-state index contributed by atoms with van der Waals surface area (Å²) in [5.41, 5.74) is 1.50. The Kier molecular flexibility index (Phi) is 4.40. The van der Waals surface area contributed by atoms with Gasteiger partial charge in [-0.3, -0.25) is 0 Å². The fraction of sp³-hybridized carbons (Fsp3) is 0.600. The molecule has 0 radical (unpaired) electrons. The average molecular weight is 220 g/mol. The Morgan fingerprint density at radius 3 is 2.25 bits per heavy atom. The Bertz CT molecular complexity index is 311. The van der Waals surface area contributed by atoms with Gasteiger partial charge in [0.1, 0.15) is 5.75 Å². The molecule has 0 aromatic heterocycles. The highest BCUT2D eigenvalue weighted by Gasteiger charge is 2.27. The topological polar surface area (TPSA) is 20.2 Å².